The summed E-state index contributed by atoms with van der Waals surface area (Å²) in [6.45, 7) is 2.10. The van der Waals surface area contributed by atoms with E-state index in [1.807, 2.05) is 0 Å². The van der Waals surface area contributed by atoms with Crippen molar-refractivity contribution in [2.75, 3.05) is 13.1 Å². The van der Waals surface area contributed by atoms with Crippen LogP contribution in [-0.4, -0.2) is 13.1 Å². The maximum atomic E-state index is 3.93. The quantitative estimate of drug-likeness (QED) is 0.333. The molecule has 1 aliphatic rings. The number of hydrogen-bond donors (Lipinski definition) is 1. The van der Waals surface area contributed by atoms with Gasteiger partial charge in [-0.15, -0.1) is 6.54 Å². The number of hydrogen-bond acceptors (Lipinski definition) is 1. The van der Waals surface area contributed by atoms with E-state index in [0.29, 0.717) is 0 Å². The zero-order valence-electron chi connectivity index (χ0n) is 4.78. The van der Waals surface area contributed by atoms with Crippen molar-refractivity contribution >= 4 is 0 Å². The van der Waals surface area contributed by atoms with E-state index in [2.05, 4.69) is 10.9 Å². The summed E-state index contributed by atoms with van der Waals surface area (Å²) in [7, 11) is 0. The summed E-state index contributed by atoms with van der Waals surface area (Å²) < 4.78 is 0. The van der Waals surface area contributed by atoms with Gasteiger partial charge in [-0.05, 0) is 13.0 Å². The van der Waals surface area contributed by atoms with Crippen molar-refractivity contribution in [3.8, 4) is 0 Å². The fraction of sp³-hybridized carbons (Fsp3) is 1.00. The SMILES string of the molecule is C1CCN[N-]C1.[Li+]. The molecule has 0 atom stereocenters. The number of rotatable bonds is 0. The van der Waals surface area contributed by atoms with E-state index in [4.69, 9.17) is 0 Å². The van der Waals surface area contributed by atoms with Crippen molar-refractivity contribution < 1.29 is 18.9 Å². The van der Waals surface area contributed by atoms with Crippen LogP contribution in [0.1, 0.15) is 12.8 Å². The second kappa shape index (κ2) is 4.67. The molecule has 1 saturated heterocycles. The van der Waals surface area contributed by atoms with E-state index in [0.717, 1.165) is 13.1 Å². The first-order valence-corrected chi connectivity index (χ1v) is 2.39. The summed E-state index contributed by atoms with van der Waals surface area (Å²) in [6, 6.07) is 0. The first-order valence-electron chi connectivity index (χ1n) is 2.39. The molecular formula is C4H9LiN2. The topological polar surface area (TPSA) is 26.1 Å². The molecule has 0 aromatic rings. The molecule has 2 nitrogen and oxygen atoms in total. The third-order valence-corrected chi connectivity index (χ3v) is 0.920. The van der Waals surface area contributed by atoms with Gasteiger partial charge in [-0.3, -0.25) is 0 Å². The van der Waals surface area contributed by atoms with Crippen molar-refractivity contribution in [3.05, 3.63) is 5.43 Å². The number of nitrogens with zero attached hydrogens (tertiary/aromatic N) is 1. The molecule has 36 valence electrons. The second-order valence-corrected chi connectivity index (χ2v) is 1.50. The molecule has 1 aliphatic heterocycles. The normalized spacial score (nSPS) is 20.6. The van der Waals surface area contributed by atoms with Crippen molar-refractivity contribution in [3.63, 3.8) is 0 Å². The monoisotopic (exact) mass is 92.1 g/mol. The Labute approximate surface area is 56.2 Å². The van der Waals surface area contributed by atoms with Crippen LogP contribution in [0.25, 0.3) is 5.43 Å². The first-order chi connectivity index (χ1) is 3.00. The third kappa shape index (κ3) is 3.13. The van der Waals surface area contributed by atoms with E-state index < -0.39 is 0 Å². The molecule has 0 radical (unpaired) electrons. The van der Waals surface area contributed by atoms with Gasteiger partial charge in [-0.25, -0.2) is 0 Å². The van der Waals surface area contributed by atoms with Gasteiger partial charge >= 0.3 is 18.9 Å². The molecule has 0 aromatic carbocycles. The molecule has 1 fully saturated rings. The van der Waals surface area contributed by atoms with Crippen LogP contribution in [-0.2, 0) is 0 Å². The third-order valence-electron chi connectivity index (χ3n) is 0.920. The Hall–Kier alpha value is 0.517. The van der Waals surface area contributed by atoms with Gasteiger partial charge in [0, 0.05) is 0 Å². The predicted molar refractivity (Wildman–Crippen MR) is 25.5 cm³/mol. The first kappa shape index (κ1) is 7.52. The fourth-order valence-corrected chi connectivity index (χ4v) is 0.553. The second-order valence-electron chi connectivity index (χ2n) is 1.50. The zero-order valence-corrected chi connectivity index (χ0v) is 4.78. The molecule has 1 N–H and O–H groups in total. The molecule has 1 rings (SSSR count). The van der Waals surface area contributed by atoms with Crippen LogP contribution in [0.3, 0.4) is 0 Å². The maximum absolute atomic E-state index is 3.93. The van der Waals surface area contributed by atoms with Crippen LogP contribution in [0.4, 0.5) is 0 Å². The smallest absolute Gasteiger partial charge is 0.597 e. The van der Waals surface area contributed by atoms with E-state index in [-0.39, 0.29) is 18.9 Å². The van der Waals surface area contributed by atoms with Crippen molar-refractivity contribution in [1.82, 2.24) is 5.43 Å². The Morgan fingerprint density at radius 3 is 2.29 bits per heavy atom. The Balaban J connectivity index is 0.000000360. The van der Waals surface area contributed by atoms with Gasteiger partial charge < -0.3 is 10.9 Å². The summed E-state index contributed by atoms with van der Waals surface area (Å²) in [5.74, 6) is 0. The minimum Gasteiger partial charge on any atom is -0.597 e. The largest absolute Gasteiger partial charge is 1.00 e. The Morgan fingerprint density at radius 1 is 1.29 bits per heavy atom. The minimum absolute atomic E-state index is 0. The molecule has 0 aliphatic carbocycles. The van der Waals surface area contributed by atoms with E-state index in [9.17, 15) is 0 Å². The van der Waals surface area contributed by atoms with Crippen LogP contribution in [0.5, 0.6) is 0 Å². The molecular weight excluding hydrogens is 83.0 g/mol. The average Bonchev–Trinajstić information content (AvgIpc) is 1.72. The molecule has 7 heavy (non-hydrogen) atoms. The molecule has 3 heteroatoms. The van der Waals surface area contributed by atoms with Crippen LogP contribution in [0.2, 0.25) is 0 Å². The molecule has 1 heterocycles. The van der Waals surface area contributed by atoms with Gasteiger partial charge in [0.1, 0.15) is 0 Å². The molecule has 0 amide bonds. The van der Waals surface area contributed by atoms with Gasteiger partial charge in [-0.1, -0.05) is 6.42 Å². The summed E-state index contributed by atoms with van der Waals surface area (Å²) in [6.07, 6.45) is 2.57. The predicted octanol–water partition coefficient (Wildman–Crippen LogP) is -2.34. The summed E-state index contributed by atoms with van der Waals surface area (Å²) >= 11 is 0. The molecule has 0 saturated carbocycles. The maximum Gasteiger partial charge on any atom is 1.00 e. The van der Waals surface area contributed by atoms with Gasteiger partial charge in [0.25, 0.3) is 0 Å². The van der Waals surface area contributed by atoms with Crippen LogP contribution in [0.15, 0.2) is 0 Å². The van der Waals surface area contributed by atoms with Crippen molar-refractivity contribution in [2.45, 2.75) is 12.8 Å². The Bertz CT molecular complexity index is 25.2. The van der Waals surface area contributed by atoms with Crippen molar-refractivity contribution in [1.29, 1.82) is 0 Å². The van der Waals surface area contributed by atoms with Crippen molar-refractivity contribution in [2.24, 2.45) is 0 Å². The van der Waals surface area contributed by atoms with Gasteiger partial charge in [0.2, 0.25) is 0 Å². The minimum atomic E-state index is 0. The zero-order chi connectivity index (χ0) is 4.24. The Morgan fingerprint density at radius 2 is 2.14 bits per heavy atom. The molecule has 0 aromatic heterocycles. The summed E-state index contributed by atoms with van der Waals surface area (Å²) in [5, 5.41) is 0. The van der Waals surface area contributed by atoms with Gasteiger partial charge in [-0.2, -0.15) is 0 Å². The summed E-state index contributed by atoms with van der Waals surface area (Å²) in [4.78, 5) is 0. The van der Waals surface area contributed by atoms with Crippen LogP contribution < -0.4 is 24.3 Å². The van der Waals surface area contributed by atoms with Gasteiger partial charge in [0.05, 0.1) is 0 Å². The van der Waals surface area contributed by atoms with E-state index >= 15 is 0 Å². The fourth-order valence-electron chi connectivity index (χ4n) is 0.553. The molecule has 0 unspecified atom stereocenters. The average molecular weight is 92.1 g/mol. The standard InChI is InChI=1S/C4H9N2.Li/c1-2-4-6-5-3-1;/h5H,1-4H2;/q-1;+1. The number of nitrogens with one attached hydrogen (secondary N) is 1. The molecule has 0 spiro atoms. The Kier molecular flexibility index (Phi) is 5.02. The summed E-state index contributed by atoms with van der Waals surface area (Å²) in [5.41, 5.74) is 6.84. The van der Waals surface area contributed by atoms with E-state index in [1.165, 1.54) is 12.8 Å². The molecule has 0 bridgehead atoms. The van der Waals surface area contributed by atoms with Crippen LogP contribution in [0, 0.1) is 0 Å². The van der Waals surface area contributed by atoms with E-state index in [1.54, 1.807) is 0 Å². The van der Waals surface area contributed by atoms with Crippen LogP contribution >= 0.6 is 0 Å². The van der Waals surface area contributed by atoms with Gasteiger partial charge in [0.15, 0.2) is 0 Å².